The largest absolute Gasteiger partial charge is 0.493 e. The molecule has 0 unspecified atom stereocenters. The minimum Gasteiger partial charge on any atom is -0.493 e. The zero-order chi connectivity index (χ0) is 29.1. The first-order chi connectivity index (χ1) is 19.4. The molecule has 230 valence electrons. The minimum atomic E-state index is 0.664. The van der Waals surface area contributed by atoms with Gasteiger partial charge in [0.05, 0.1) is 57.0 Å². The number of rotatable bonds is 25. The number of hydrogen-bond acceptors (Lipinski definition) is 2. The van der Waals surface area contributed by atoms with Gasteiger partial charge in [0.2, 0.25) is 0 Å². The molecule has 0 saturated carbocycles. The molecule has 1 aromatic carbocycles. The lowest BCUT2D eigenvalue weighted by Crippen LogP contribution is -2.41. The number of nitrogens with zero attached hydrogens (tertiary/aromatic N) is 1. The van der Waals surface area contributed by atoms with Crippen molar-refractivity contribution in [1.82, 2.24) is 4.98 Å². The van der Waals surface area contributed by atoms with Gasteiger partial charge in [0, 0.05) is 6.42 Å². The number of nitrogens with one attached hydrogen (secondary N) is 1. The summed E-state index contributed by atoms with van der Waals surface area (Å²) in [6.07, 6.45) is 25.1. The highest BCUT2D eigenvalue weighted by Gasteiger charge is 2.20. The lowest BCUT2D eigenvalue weighted by atomic mass is 10.0. The van der Waals surface area contributed by atoms with E-state index in [1.165, 1.54) is 122 Å². The predicted molar refractivity (Wildman–Crippen MR) is 175 cm³/mol. The van der Waals surface area contributed by atoms with Gasteiger partial charge in [-0.3, -0.25) is 0 Å². The van der Waals surface area contributed by atoms with Gasteiger partial charge in [0.25, 0.3) is 0 Å². The van der Waals surface area contributed by atoms with Crippen molar-refractivity contribution in [3.8, 4) is 11.5 Å². The molecule has 1 N–H and O–H groups in total. The van der Waals surface area contributed by atoms with E-state index in [1.807, 2.05) is 6.92 Å². The van der Waals surface area contributed by atoms with Gasteiger partial charge in [-0.1, -0.05) is 103 Å². The molecule has 0 aliphatic rings. The second-order valence-electron chi connectivity index (χ2n) is 12.7. The van der Waals surface area contributed by atoms with Crippen LogP contribution in [0.3, 0.4) is 0 Å². The quantitative estimate of drug-likeness (QED) is 0.0973. The maximum absolute atomic E-state index is 6.16. The molecule has 0 fully saturated rings. The van der Waals surface area contributed by atoms with Gasteiger partial charge < -0.3 is 18.9 Å². The molecule has 4 heteroatoms. The van der Waals surface area contributed by atoms with Gasteiger partial charge in [-0.2, -0.15) is 0 Å². The minimum absolute atomic E-state index is 0.664. The molecule has 0 aliphatic heterocycles. The summed E-state index contributed by atoms with van der Waals surface area (Å²) in [6, 6.07) is 4.30. The Morgan fingerprint density at radius 2 is 1.07 bits per heavy atom. The van der Waals surface area contributed by atoms with E-state index in [1.54, 1.807) is 0 Å². The molecule has 40 heavy (non-hydrogen) atoms. The number of ether oxygens (including phenoxy) is 2. The molecule has 2 rings (SSSR count). The average molecular weight is 558 g/mol. The molecule has 0 radical (unpaired) electrons. The molecule has 0 aliphatic carbocycles. The number of aryl methyl sites for hydroxylation is 2. The highest BCUT2D eigenvalue weighted by Crippen LogP contribution is 2.40. The molecule has 0 spiro atoms. The lowest BCUT2D eigenvalue weighted by molar-refractivity contribution is -0.890. The van der Waals surface area contributed by atoms with E-state index in [0.717, 1.165) is 45.3 Å². The van der Waals surface area contributed by atoms with Crippen molar-refractivity contribution in [2.75, 3.05) is 40.4 Å². The number of fused-ring (bicyclic) bond motifs is 1. The number of aromatic amines is 1. The zero-order valence-corrected chi connectivity index (χ0v) is 27.5. The van der Waals surface area contributed by atoms with Crippen LogP contribution in [0, 0.1) is 6.92 Å². The smallest absolute Gasteiger partial charge is 0.151 e. The van der Waals surface area contributed by atoms with Crippen molar-refractivity contribution in [1.29, 1.82) is 0 Å². The maximum Gasteiger partial charge on any atom is 0.151 e. The van der Waals surface area contributed by atoms with Crippen molar-refractivity contribution in [3.05, 3.63) is 23.4 Å². The molecule has 0 amide bonds. The Balaban J connectivity index is 1.58. The van der Waals surface area contributed by atoms with Crippen molar-refractivity contribution >= 4 is 10.9 Å². The first-order valence-corrected chi connectivity index (χ1v) is 17.1. The highest BCUT2D eigenvalue weighted by atomic mass is 16.5. The van der Waals surface area contributed by atoms with Gasteiger partial charge >= 0.3 is 0 Å². The SMILES string of the molecule is CCCCCCCCCCCCCCCCCC[N+](C)(C)CCCc1[nH]c2ccc(C)c(OCC)c2c1OCC. The van der Waals surface area contributed by atoms with Crippen LogP contribution < -0.4 is 9.47 Å². The summed E-state index contributed by atoms with van der Waals surface area (Å²) in [7, 11) is 4.80. The molecule has 0 atom stereocenters. The van der Waals surface area contributed by atoms with Crippen LogP contribution in [0.5, 0.6) is 11.5 Å². The fourth-order valence-electron chi connectivity index (χ4n) is 6.08. The van der Waals surface area contributed by atoms with Crippen LogP contribution in [-0.4, -0.2) is 49.9 Å². The third-order valence-corrected chi connectivity index (χ3v) is 8.53. The summed E-state index contributed by atoms with van der Waals surface area (Å²) in [5, 5.41) is 1.11. The fourth-order valence-corrected chi connectivity index (χ4v) is 6.08. The summed E-state index contributed by atoms with van der Waals surface area (Å²) >= 11 is 0. The standard InChI is InChI=1S/C36H65N2O2/c1-7-10-11-12-13-14-15-16-17-18-19-20-21-22-23-24-29-38(5,6)30-25-26-33-36(40-9-3)34-32(37-33)28-27-31(4)35(34)39-8-2/h27-28,37H,7-26,29-30H2,1-6H3/q+1. The Bertz CT molecular complexity index is 917. The van der Waals surface area contributed by atoms with E-state index >= 15 is 0 Å². The van der Waals surface area contributed by atoms with Gasteiger partial charge in [-0.05, 0) is 51.7 Å². The summed E-state index contributed by atoms with van der Waals surface area (Å²) < 4.78 is 13.3. The predicted octanol–water partition coefficient (Wildman–Crippen LogP) is 10.5. The summed E-state index contributed by atoms with van der Waals surface area (Å²) in [4.78, 5) is 3.65. The number of quaternary nitrogens is 1. The van der Waals surface area contributed by atoms with Crippen LogP contribution in [0.1, 0.15) is 141 Å². The zero-order valence-electron chi connectivity index (χ0n) is 27.5. The van der Waals surface area contributed by atoms with E-state index in [4.69, 9.17) is 9.47 Å². The van der Waals surface area contributed by atoms with Crippen LogP contribution in [-0.2, 0) is 6.42 Å². The molecule has 0 saturated heterocycles. The second-order valence-corrected chi connectivity index (χ2v) is 12.7. The third kappa shape index (κ3) is 12.9. The van der Waals surface area contributed by atoms with Crippen molar-refractivity contribution < 1.29 is 14.0 Å². The number of aromatic nitrogens is 1. The van der Waals surface area contributed by atoms with E-state index < -0.39 is 0 Å². The molecule has 4 nitrogen and oxygen atoms in total. The van der Waals surface area contributed by atoms with Crippen LogP contribution in [0.4, 0.5) is 0 Å². The molecule has 2 aromatic rings. The van der Waals surface area contributed by atoms with Crippen LogP contribution >= 0.6 is 0 Å². The first kappa shape index (κ1) is 34.5. The van der Waals surface area contributed by atoms with Crippen molar-refractivity contribution in [3.63, 3.8) is 0 Å². The molecule has 1 aromatic heterocycles. The fraction of sp³-hybridized carbons (Fsp3) is 0.778. The number of benzene rings is 1. The van der Waals surface area contributed by atoms with Gasteiger partial charge in [0.1, 0.15) is 5.75 Å². The monoisotopic (exact) mass is 558 g/mol. The highest BCUT2D eigenvalue weighted by molar-refractivity contribution is 5.94. The topological polar surface area (TPSA) is 34.2 Å². The van der Waals surface area contributed by atoms with E-state index in [2.05, 4.69) is 52.0 Å². The van der Waals surface area contributed by atoms with E-state index in [9.17, 15) is 0 Å². The van der Waals surface area contributed by atoms with E-state index in [0.29, 0.717) is 13.2 Å². The summed E-state index contributed by atoms with van der Waals surface area (Å²) in [6.45, 7) is 12.3. The number of H-pyrrole nitrogens is 1. The molecule has 0 bridgehead atoms. The summed E-state index contributed by atoms with van der Waals surface area (Å²) in [5.41, 5.74) is 3.50. The number of hydrogen-bond donors (Lipinski definition) is 1. The Morgan fingerprint density at radius 3 is 1.60 bits per heavy atom. The van der Waals surface area contributed by atoms with Crippen molar-refractivity contribution in [2.24, 2.45) is 0 Å². The average Bonchev–Trinajstić information content (AvgIpc) is 3.27. The molecular formula is C36H65N2O2+. The Morgan fingerprint density at radius 1 is 0.600 bits per heavy atom. The second kappa shape index (κ2) is 20.2. The first-order valence-electron chi connectivity index (χ1n) is 17.1. The molecular weight excluding hydrogens is 492 g/mol. The van der Waals surface area contributed by atoms with Gasteiger partial charge in [-0.15, -0.1) is 0 Å². The van der Waals surface area contributed by atoms with Crippen molar-refractivity contribution in [2.45, 2.75) is 143 Å². The lowest BCUT2D eigenvalue weighted by Gasteiger charge is -2.30. The van der Waals surface area contributed by atoms with Crippen LogP contribution in [0.15, 0.2) is 12.1 Å². The Hall–Kier alpha value is -1.68. The van der Waals surface area contributed by atoms with Gasteiger partial charge in [-0.25, -0.2) is 0 Å². The Kier molecular flexibility index (Phi) is 17.5. The maximum atomic E-state index is 6.16. The molecule has 1 heterocycles. The summed E-state index contributed by atoms with van der Waals surface area (Å²) in [5.74, 6) is 1.96. The van der Waals surface area contributed by atoms with E-state index in [-0.39, 0.29) is 0 Å². The normalized spacial score (nSPS) is 11.9. The van der Waals surface area contributed by atoms with Crippen LogP contribution in [0.2, 0.25) is 0 Å². The van der Waals surface area contributed by atoms with Crippen LogP contribution in [0.25, 0.3) is 10.9 Å². The van der Waals surface area contributed by atoms with Gasteiger partial charge in [0.15, 0.2) is 5.75 Å². The number of unbranched alkanes of at least 4 members (excludes halogenated alkanes) is 15. The third-order valence-electron chi connectivity index (χ3n) is 8.53. The Labute approximate surface area is 248 Å².